The average Bonchev–Trinajstić information content (AvgIpc) is 3.61. The van der Waals surface area contributed by atoms with Crippen LogP contribution in [0.1, 0.15) is 104 Å². The number of benzene rings is 2. The van der Waals surface area contributed by atoms with Crippen molar-refractivity contribution in [3.63, 3.8) is 0 Å². The smallest absolute Gasteiger partial charge is 0.126 e. The molecular formula is C40H51NO2S2. The number of ether oxygens (including phenoxy) is 2. The summed E-state index contributed by atoms with van der Waals surface area (Å²) in [6.45, 7) is 18.0. The van der Waals surface area contributed by atoms with E-state index in [0.29, 0.717) is 5.92 Å². The highest BCUT2D eigenvalue weighted by atomic mass is 32.1. The first-order chi connectivity index (χ1) is 21.6. The number of anilines is 3. The minimum atomic E-state index is 0.161. The van der Waals surface area contributed by atoms with Crippen molar-refractivity contribution < 1.29 is 9.47 Å². The van der Waals surface area contributed by atoms with Crippen LogP contribution in [0.25, 0.3) is 18.2 Å². The summed E-state index contributed by atoms with van der Waals surface area (Å²) in [6.07, 6.45) is 13.4. The van der Waals surface area contributed by atoms with Crippen LogP contribution < -0.4 is 14.4 Å². The van der Waals surface area contributed by atoms with Gasteiger partial charge >= 0.3 is 0 Å². The number of rotatable bonds is 14. The van der Waals surface area contributed by atoms with Crippen LogP contribution in [0.2, 0.25) is 0 Å². The van der Waals surface area contributed by atoms with Gasteiger partial charge in [0.05, 0.1) is 14.2 Å². The molecule has 45 heavy (non-hydrogen) atoms. The second-order valence-electron chi connectivity index (χ2n) is 12.3. The van der Waals surface area contributed by atoms with Crippen LogP contribution in [0, 0.1) is 26.2 Å². The molecule has 5 heteroatoms. The highest BCUT2D eigenvalue weighted by Gasteiger charge is 2.22. The lowest BCUT2D eigenvalue weighted by Gasteiger charge is -2.22. The maximum atomic E-state index is 5.86. The van der Waals surface area contributed by atoms with Crippen molar-refractivity contribution >= 4 is 56.6 Å². The second-order valence-corrected chi connectivity index (χ2v) is 14.4. The van der Waals surface area contributed by atoms with Gasteiger partial charge in [-0.15, -0.1) is 22.7 Å². The number of hydrogen-bond donors (Lipinski definition) is 0. The van der Waals surface area contributed by atoms with Crippen molar-refractivity contribution in [3.8, 4) is 11.5 Å². The third-order valence-electron chi connectivity index (χ3n) is 9.25. The number of aryl methyl sites for hydroxylation is 3. The van der Waals surface area contributed by atoms with E-state index in [1.165, 1.54) is 42.1 Å². The Kier molecular flexibility index (Phi) is 11.8. The van der Waals surface area contributed by atoms with Crippen molar-refractivity contribution in [2.24, 2.45) is 5.41 Å². The normalized spacial score (nSPS) is 12.2. The number of nitrogens with zero attached hydrogens (tertiary/aromatic N) is 1. The van der Waals surface area contributed by atoms with Crippen LogP contribution in [0.15, 0.2) is 54.6 Å². The molecule has 4 rings (SSSR count). The predicted octanol–water partition coefficient (Wildman–Crippen LogP) is 13.1. The lowest BCUT2D eigenvalue weighted by molar-refractivity contribution is 0.396. The molecular weight excluding hydrogens is 591 g/mol. The fraction of sp³-hybridized carbons (Fsp3) is 0.400. The monoisotopic (exact) mass is 641 g/mol. The van der Waals surface area contributed by atoms with Gasteiger partial charge in [0.25, 0.3) is 0 Å². The molecule has 0 bridgehead atoms. The molecule has 4 aromatic rings. The number of thiophene rings is 2. The Bertz CT molecular complexity index is 1610. The standard InChI is InChI=1S/C40H51NO2S2/c1-11-30(12-2)39-29(7)24-38(45-39)41(33-18-15-27(5)16-19-33)37-23-28(6)36(44-37)20-17-31-25-35(43-10)32(26-34(31)42-9)21-22-40(8,13-3)14-4/h15-26,30H,11-14H2,1-10H3. The number of hydrogen-bond acceptors (Lipinski definition) is 5. The number of allylic oxidation sites excluding steroid dienone is 1. The summed E-state index contributed by atoms with van der Waals surface area (Å²) in [7, 11) is 3.48. The fourth-order valence-corrected chi connectivity index (χ4v) is 8.26. The highest BCUT2D eigenvalue weighted by Crippen LogP contribution is 2.47. The Balaban J connectivity index is 1.73. The van der Waals surface area contributed by atoms with Crippen molar-refractivity contribution in [3.05, 3.63) is 92.2 Å². The first-order valence-electron chi connectivity index (χ1n) is 16.3. The van der Waals surface area contributed by atoms with E-state index >= 15 is 0 Å². The molecule has 2 aromatic heterocycles. The molecule has 0 aliphatic heterocycles. The van der Waals surface area contributed by atoms with Gasteiger partial charge in [-0.1, -0.05) is 64.5 Å². The predicted molar refractivity (Wildman–Crippen MR) is 201 cm³/mol. The van der Waals surface area contributed by atoms with Gasteiger partial charge in [0.1, 0.15) is 21.5 Å². The Morgan fingerprint density at radius 1 is 0.733 bits per heavy atom. The molecule has 0 saturated heterocycles. The van der Waals surface area contributed by atoms with Gasteiger partial charge < -0.3 is 9.47 Å². The second kappa shape index (κ2) is 15.3. The van der Waals surface area contributed by atoms with E-state index in [4.69, 9.17) is 9.47 Å². The Labute approximate surface area is 280 Å². The maximum absolute atomic E-state index is 5.86. The maximum Gasteiger partial charge on any atom is 0.126 e. The molecule has 0 unspecified atom stereocenters. The molecule has 0 atom stereocenters. The van der Waals surface area contributed by atoms with Crippen LogP contribution in [-0.4, -0.2) is 14.2 Å². The Hall–Kier alpha value is -3.28. The quantitative estimate of drug-likeness (QED) is 0.137. The van der Waals surface area contributed by atoms with E-state index in [9.17, 15) is 0 Å². The van der Waals surface area contributed by atoms with Crippen LogP contribution in [0.3, 0.4) is 0 Å². The van der Waals surface area contributed by atoms with Crippen LogP contribution >= 0.6 is 22.7 Å². The van der Waals surface area contributed by atoms with Gasteiger partial charge in [-0.05, 0) is 117 Å². The van der Waals surface area contributed by atoms with E-state index in [0.717, 1.165) is 48.3 Å². The van der Waals surface area contributed by atoms with Crippen molar-refractivity contribution in [1.82, 2.24) is 0 Å². The minimum Gasteiger partial charge on any atom is -0.496 e. The Morgan fingerprint density at radius 2 is 1.29 bits per heavy atom. The summed E-state index contributed by atoms with van der Waals surface area (Å²) < 4.78 is 11.7. The molecule has 2 aromatic carbocycles. The molecule has 0 spiro atoms. The summed E-state index contributed by atoms with van der Waals surface area (Å²) in [5.74, 6) is 2.28. The summed E-state index contributed by atoms with van der Waals surface area (Å²) in [6, 6.07) is 17.7. The van der Waals surface area contributed by atoms with E-state index in [2.05, 4.69) is 133 Å². The molecule has 0 N–H and O–H groups in total. The van der Waals surface area contributed by atoms with E-state index in [1.54, 1.807) is 14.2 Å². The summed E-state index contributed by atoms with van der Waals surface area (Å²) in [5.41, 5.74) is 7.28. The van der Waals surface area contributed by atoms with Crippen molar-refractivity contribution in [2.45, 2.75) is 87.0 Å². The number of methoxy groups -OCH3 is 2. The van der Waals surface area contributed by atoms with Gasteiger partial charge in [-0.25, -0.2) is 0 Å². The highest BCUT2D eigenvalue weighted by molar-refractivity contribution is 7.19. The van der Waals surface area contributed by atoms with Gasteiger partial charge in [0, 0.05) is 26.6 Å². The van der Waals surface area contributed by atoms with Gasteiger partial charge in [-0.3, -0.25) is 4.90 Å². The molecule has 3 nitrogen and oxygen atoms in total. The zero-order valence-electron chi connectivity index (χ0n) is 28.9. The first kappa shape index (κ1) is 34.6. The molecule has 2 heterocycles. The third-order valence-corrected chi connectivity index (χ3v) is 11.8. The van der Waals surface area contributed by atoms with Crippen LogP contribution in [-0.2, 0) is 0 Å². The third kappa shape index (κ3) is 7.93. The zero-order valence-corrected chi connectivity index (χ0v) is 30.5. The van der Waals surface area contributed by atoms with E-state index in [1.807, 2.05) is 22.7 Å². The SMILES string of the molecule is CCC(CC)c1sc(N(c2ccc(C)cc2)c2cc(C)c(C=Cc3cc(OC)c(C=CC(C)(CC)CC)cc3OC)s2)cc1C. The van der Waals surface area contributed by atoms with Gasteiger partial charge in [0.15, 0.2) is 0 Å². The van der Waals surface area contributed by atoms with Crippen molar-refractivity contribution in [2.75, 3.05) is 19.1 Å². The average molecular weight is 642 g/mol. The van der Waals surface area contributed by atoms with Crippen molar-refractivity contribution in [1.29, 1.82) is 0 Å². The molecule has 0 saturated carbocycles. The summed E-state index contributed by atoms with van der Waals surface area (Å²) >= 11 is 3.76. The molecule has 0 aliphatic carbocycles. The fourth-order valence-electron chi connectivity index (χ4n) is 5.61. The van der Waals surface area contributed by atoms with Gasteiger partial charge in [0.2, 0.25) is 0 Å². The Morgan fingerprint density at radius 3 is 1.84 bits per heavy atom. The summed E-state index contributed by atoms with van der Waals surface area (Å²) in [4.78, 5) is 5.17. The molecule has 0 radical (unpaired) electrons. The molecule has 0 aliphatic rings. The lowest BCUT2D eigenvalue weighted by Crippen LogP contribution is -2.09. The minimum absolute atomic E-state index is 0.161. The molecule has 0 fully saturated rings. The topological polar surface area (TPSA) is 21.7 Å². The lowest BCUT2D eigenvalue weighted by atomic mass is 9.84. The van der Waals surface area contributed by atoms with Crippen LogP contribution in [0.5, 0.6) is 11.5 Å². The summed E-state index contributed by atoms with van der Waals surface area (Å²) in [5, 5.41) is 2.49. The van der Waals surface area contributed by atoms with E-state index in [-0.39, 0.29) is 5.41 Å². The largest absolute Gasteiger partial charge is 0.496 e. The van der Waals surface area contributed by atoms with Crippen LogP contribution in [0.4, 0.5) is 15.7 Å². The van der Waals surface area contributed by atoms with Gasteiger partial charge in [-0.2, -0.15) is 0 Å². The zero-order chi connectivity index (χ0) is 32.7. The molecule has 240 valence electrons. The van der Waals surface area contributed by atoms with E-state index < -0.39 is 0 Å². The first-order valence-corrected chi connectivity index (χ1v) is 17.9. The molecule has 0 amide bonds.